The molecule has 0 saturated carbocycles. The predicted molar refractivity (Wildman–Crippen MR) is 151 cm³/mol. The molecule has 0 aliphatic heterocycles. The quantitative estimate of drug-likeness (QED) is 0.294. The minimum atomic E-state index is -5.21. The molecular formula is C27H31F3N4O6S2. The number of amides is 2. The van der Waals surface area contributed by atoms with E-state index in [1.165, 1.54) is 43.8 Å². The maximum Gasteiger partial charge on any atom is 0.430 e. The number of halogens is 3. The molecule has 228 valence electrons. The summed E-state index contributed by atoms with van der Waals surface area (Å²) in [4.78, 5) is 29.5. The molecule has 1 heterocycles. The fourth-order valence-corrected chi connectivity index (χ4v) is 5.51. The number of hydrogen-bond donors (Lipinski definition) is 1. The first-order valence-electron chi connectivity index (χ1n) is 12.6. The van der Waals surface area contributed by atoms with Crippen LogP contribution in [0.2, 0.25) is 0 Å². The van der Waals surface area contributed by atoms with E-state index in [-0.39, 0.29) is 15.9 Å². The lowest BCUT2D eigenvalue weighted by Gasteiger charge is -2.26. The van der Waals surface area contributed by atoms with Gasteiger partial charge in [-0.1, -0.05) is 12.1 Å². The maximum absolute atomic E-state index is 15.1. The second-order valence-corrected chi connectivity index (χ2v) is 12.9. The molecule has 0 bridgehead atoms. The highest BCUT2D eigenvalue weighted by molar-refractivity contribution is 7.93. The molecule has 2 aromatic carbocycles. The molecule has 0 radical (unpaired) electrons. The van der Waals surface area contributed by atoms with Crippen molar-refractivity contribution in [2.75, 3.05) is 16.7 Å². The van der Waals surface area contributed by atoms with Crippen molar-refractivity contribution in [1.29, 1.82) is 0 Å². The van der Waals surface area contributed by atoms with Gasteiger partial charge >= 0.3 is 12.2 Å². The summed E-state index contributed by atoms with van der Waals surface area (Å²) in [5.41, 5.74) is 0.309. The van der Waals surface area contributed by atoms with E-state index in [4.69, 9.17) is 9.47 Å². The summed E-state index contributed by atoms with van der Waals surface area (Å²) in [5.74, 6) is -4.24. The van der Waals surface area contributed by atoms with Crippen molar-refractivity contribution in [3.63, 3.8) is 0 Å². The van der Waals surface area contributed by atoms with Crippen LogP contribution in [0.5, 0.6) is 0 Å². The molecule has 2 amide bonds. The molecule has 0 fully saturated rings. The Balaban J connectivity index is 1.83. The number of hydrogen-bond acceptors (Lipinski definition) is 9. The molecule has 10 nitrogen and oxygen atoms in total. The van der Waals surface area contributed by atoms with Gasteiger partial charge in [0.2, 0.25) is 0 Å². The first-order valence-corrected chi connectivity index (χ1v) is 15.0. The van der Waals surface area contributed by atoms with E-state index < -0.39 is 68.3 Å². The van der Waals surface area contributed by atoms with Crippen molar-refractivity contribution in [3.05, 3.63) is 69.8 Å². The molecule has 15 heteroatoms. The molecule has 0 unspecified atom stereocenters. The molecule has 3 aromatic rings. The number of aromatic nitrogens is 1. The Kier molecular flexibility index (Phi) is 10.2. The van der Waals surface area contributed by atoms with Crippen molar-refractivity contribution >= 4 is 45.1 Å². The Morgan fingerprint density at radius 3 is 2.29 bits per heavy atom. The lowest BCUT2D eigenvalue weighted by molar-refractivity contribution is 0.0608. The standard InChI is InChI=1S/C27H31F3N4O6S2/c1-16(2)33(6)12-17-8-7-9-20(28)19(17)13-39-25(35)32-18-10-21(29)24(22(30)11-18)42(37,38)34(23-14-41-15-31-23)26(36)40-27(3,4)5/h7-11,14-16H,12-13H2,1-6H3,(H,32,35). The topological polar surface area (TPSA) is 118 Å². The highest BCUT2D eigenvalue weighted by Gasteiger charge is 2.39. The van der Waals surface area contributed by atoms with E-state index in [9.17, 15) is 22.4 Å². The molecule has 3 rings (SSSR count). The Morgan fingerprint density at radius 2 is 1.74 bits per heavy atom. The molecule has 0 atom stereocenters. The van der Waals surface area contributed by atoms with Crippen LogP contribution in [0.1, 0.15) is 45.7 Å². The number of nitrogens with zero attached hydrogens (tertiary/aromatic N) is 3. The summed E-state index contributed by atoms with van der Waals surface area (Å²) in [6, 6.07) is 5.68. The van der Waals surface area contributed by atoms with Gasteiger partial charge in [-0.25, -0.2) is 36.2 Å². The Labute approximate surface area is 246 Å². The third kappa shape index (κ3) is 7.98. The van der Waals surface area contributed by atoms with Crippen LogP contribution >= 0.6 is 11.3 Å². The average molecular weight is 629 g/mol. The zero-order chi connectivity index (χ0) is 31.4. The number of carbonyl (C=O) groups excluding carboxylic acids is 2. The van der Waals surface area contributed by atoms with Gasteiger partial charge in [-0.05, 0) is 65.4 Å². The van der Waals surface area contributed by atoms with Gasteiger partial charge in [-0.15, -0.1) is 15.6 Å². The van der Waals surface area contributed by atoms with E-state index >= 15 is 8.78 Å². The zero-order valence-corrected chi connectivity index (χ0v) is 25.4. The molecule has 0 aliphatic carbocycles. The first kappa shape index (κ1) is 32.8. The Hall–Kier alpha value is -3.69. The predicted octanol–water partition coefficient (Wildman–Crippen LogP) is 6.28. The zero-order valence-electron chi connectivity index (χ0n) is 23.8. The Bertz CT molecular complexity index is 1520. The van der Waals surface area contributed by atoms with Crippen LogP contribution in [0.3, 0.4) is 0 Å². The molecule has 0 aliphatic rings. The van der Waals surface area contributed by atoms with Crippen LogP contribution in [-0.2, 0) is 32.6 Å². The fourth-order valence-electron chi connectivity index (χ4n) is 3.55. The van der Waals surface area contributed by atoms with Crippen LogP contribution in [0.25, 0.3) is 0 Å². The smallest absolute Gasteiger partial charge is 0.430 e. The summed E-state index contributed by atoms with van der Waals surface area (Å²) >= 11 is 0.941. The Morgan fingerprint density at radius 1 is 1.10 bits per heavy atom. The van der Waals surface area contributed by atoms with Gasteiger partial charge in [0.05, 0.1) is 5.51 Å². The summed E-state index contributed by atoms with van der Waals surface area (Å²) in [7, 11) is -3.36. The number of sulfonamides is 1. The minimum absolute atomic E-state index is 0.0559. The van der Waals surface area contributed by atoms with Crippen LogP contribution in [-0.4, -0.2) is 49.2 Å². The highest BCUT2D eigenvalue weighted by atomic mass is 32.2. The van der Waals surface area contributed by atoms with Gasteiger partial charge in [-0.2, -0.15) is 0 Å². The van der Waals surface area contributed by atoms with Gasteiger partial charge in [-0.3, -0.25) is 10.2 Å². The van der Waals surface area contributed by atoms with Crippen LogP contribution in [0, 0.1) is 17.5 Å². The molecular weight excluding hydrogens is 597 g/mol. The van der Waals surface area contributed by atoms with Crippen molar-refractivity contribution in [3.8, 4) is 0 Å². The SMILES string of the molecule is CC(C)N(C)Cc1cccc(F)c1COC(=O)Nc1cc(F)c(S(=O)(=O)N(C(=O)OC(C)(C)C)c2cscn2)c(F)c1. The third-order valence-corrected chi connectivity index (χ3v) is 8.09. The second-order valence-electron chi connectivity index (χ2n) is 10.5. The third-order valence-electron chi connectivity index (χ3n) is 5.79. The van der Waals surface area contributed by atoms with Crippen LogP contribution in [0.4, 0.5) is 34.3 Å². The summed E-state index contributed by atoms with van der Waals surface area (Å²) in [5, 5.41) is 3.28. The highest BCUT2D eigenvalue weighted by Crippen LogP contribution is 2.31. The fraction of sp³-hybridized carbons (Fsp3) is 0.370. The van der Waals surface area contributed by atoms with Crippen molar-refractivity contribution in [1.82, 2.24) is 9.88 Å². The number of ether oxygens (including phenoxy) is 2. The van der Waals surface area contributed by atoms with Crippen molar-refractivity contribution in [2.24, 2.45) is 0 Å². The molecule has 1 N–H and O–H groups in total. The van der Waals surface area contributed by atoms with E-state index in [1.807, 2.05) is 25.8 Å². The minimum Gasteiger partial charge on any atom is -0.444 e. The molecule has 0 saturated heterocycles. The number of benzene rings is 2. The van der Waals surface area contributed by atoms with Gasteiger partial charge in [0.25, 0.3) is 10.0 Å². The molecule has 42 heavy (non-hydrogen) atoms. The largest absolute Gasteiger partial charge is 0.444 e. The van der Waals surface area contributed by atoms with Gasteiger partial charge in [0, 0.05) is 29.2 Å². The van der Waals surface area contributed by atoms with Crippen LogP contribution < -0.4 is 9.62 Å². The van der Waals surface area contributed by atoms with Crippen LogP contribution in [0.15, 0.2) is 46.1 Å². The van der Waals surface area contributed by atoms with E-state index in [0.29, 0.717) is 24.2 Å². The number of thiazole rings is 1. The summed E-state index contributed by atoms with van der Waals surface area (Å²) in [6.45, 7) is 8.27. The number of carbonyl (C=O) groups is 2. The lowest BCUT2D eigenvalue weighted by Crippen LogP contribution is -2.41. The monoisotopic (exact) mass is 628 g/mol. The van der Waals surface area contributed by atoms with Crippen molar-refractivity contribution < 1.29 is 40.7 Å². The summed E-state index contributed by atoms with van der Waals surface area (Å²) < 4.78 is 81.7. The van der Waals surface area contributed by atoms with E-state index in [0.717, 1.165) is 11.3 Å². The second kappa shape index (κ2) is 13.1. The number of anilines is 2. The van der Waals surface area contributed by atoms with Gasteiger partial charge in [0.15, 0.2) is 10.7 Å². The normalized spacial score (nSPS) is 12.0. The number of rotatable bonds is 9. The summed E-state index contributed by atoms with van der Waals surface area (Å²) in [6.07, 6.45) is -2.60. The van der Waals surface area contributed by atoms with Gasteiger partial charge in [0.1, 0.15) is 29.7 Å². The number of nitrogens with one attached hydrogen (secondary N) is 1. The molecule has 1 aromatic heterocycles. The van der Waals surface area contributed by atoms with E-state index in [1.54, 1.807) is 6.07 Å². The maximum atomic E-state index is 15.1. The molecule has 0 spiro atoms. The van der Waals surface area contributed by atoms with Crippen molar-refractivity contribution in [2.45, 2.75) is 64.3 Å². The van der Waals surface area contributed by atoms with E-state index in [2.05, 4.69) is 10.3 Å². The first-order chi connectivity index (χ1) is 19.5. The van der Waals surface area contributed by atoms with Gasteiger partial charge < -0.3 is 9.47 Å². The lowest BCUT2D eigenvalue weighted by atomic mass is 10.1. The average Bonchev–Trinajstić information content (AvgIpc) is 3.35.